The normalized spacial score (nSPS) is 13.0. The summed E-state index contributed by atoms with van der Waals surface area (Å²) in [4.78, 5) is 25.0. The summed E-state index contributed by atoms with van der Waals surface area (Å²) in [5.74, 6) is -0.923. The van der Waals surface area contributed by atoms with E-state index < -0.39 is 21.8 Å². The highest BCUT2D eigenvalue weighted by Gasteiger charge is 2.29. The predicted molar refractivity (Wildman–Crippen MR) is 134 cm³/mol. The fraction of sp³-hybridized carbons (Fsp3) is 0.231. The van der Waals surface area contributed by atoms with Crippen molar-refractivity contribution in [2.75, 3.05) is 23.3 Å². The highest BCUT2D eigenvalue weighted by molar-refractivity contribution is 7.92. The van der Waals surface area contributed by atoms with Gasteiger partial charge in [-0.15, -0.1) is 0 Å². The van der Waals surface area contributed by atoms with Gasteiger partial charge in [-0.2, -0.15) is 0 Å². The van der Waals surface area contributed by atoms with Crippen LogP contribution in [0.15, 0.2) is 71.6 Å². The van der Waals surface area contributed by atoms with Crippen LogP contribution >= 0.6 is 0 Å². The highest BCUT2D eigenvalue weighted by atomic mass is 32.2. The zero-order valence-corrected chi connectivity index (χ0v) is 20.4. The van der Waals surface area contributed by atoms with Gasteiger partial charge in [0.25, 0.3) is 10.0 Å². The van der Waals surface area contributed by atoms with Crippen LogP contribution in [0, 0.1) is 6.92 Å². The van der Waals surface area contributed by atoms with Crippen LogP contribution in [0.2, 0.25) is 0 Å². The van der Waals surface area contributed by atoms with E-state index in [-0.39, 0.29) is 11.4 Å². The third kappa shape index (κ3) is 5.46. The van der Waals surface area contributed by atoms with Gasteiger partial charge >= 0.3 is 11.8 Å². The molecule has 1 heterocycles. The molecule has 0 saturated heterocycles. The smallest absolute Gasteiger partial charge is 0.313 e. The lowest BCUT2D eigenvalue weighted by molar-refractivity contribution is -0.136. The molecular weight excluding hydrogens is 466 g/mol. The number of carbonyl (C=O) groups excluding carboxylic acids is 2. The molecule has 4 rings (SSSR count). The van der Waals surface area contributed by atoms with Crippen molar-refractivity contribution in [2.24, 2.45) is 0 Å². The molecule has 0 aliphatic carbocycles. The number of aryl methyl sites for hydroxylation is 2. The van der Waals surface area contributed by atoms with Crippen LogP contribution in [0.5, 0.6) is 5.75 Å². The summed E-state index contributed by atoms with van der Waals surface area (Å²) in [5.41, 5.74) is 3.51. The van der Waals surface area contributed by atoms with Crippen molar-refractivity contribution in [1.82, 2.24) is 5.32 Å². The second-order valence-electron chi connectivity index (χ2n) is 8.32. The van der Waals surface area contributed by atoms with Gasteiger partial charge in [0.05, 0.1) is 17.7 Å². The Kier molecular flexibility index (Phi) is 7.07. The van der Waals surface area contributed by atoms with Gasteiger partial charge in [-0.05, 0) is 67.3 Å². The predicted octanol–water partition coefficient (Wildman–Crippen LogP) is 3.40. The Bertz CT molecular complexity index is 1340. The average Bonchev–Trinajstić information content (AvgIpc) is 2.87. The molecule has 0 fully saturated rings. The molecule has 0 spiro atoms. The van der Waals surface area contributed by atoms with Crippen LogP contribution in [-0.2, 0) is 32.6 Å². The van der Waals surface area contributed by atoms with Crippen LogP contribution in [0.25, 0.3) is 0 Å². The Morgan fingerprint density at radius 2 is 1.69 bits per heavy atom. The Morgan fingerprint density at radius 1 is 0.971 bits per heavy atom. The Balaban J connectivity index is 1.47. The molecular formula is C26H27N3O5S. The number of anilines is 2. The lowest BCUT2D eigenvalue weighted by Gasteiger charge is -2.31. The summed E-state index contributed by atoms with van der Waals surface area (Å²) in [7, 11) is -2.20. The summed E-state index contributed by atoms with van der Waals surface area (Å²) in [6, 6.07) is 18.9. The van der Waals surface area contributed by atoms with Crippen LogP contribution in [0.1, 0.15) is 23.1 Å². The number of ether oxygens (including phenoxy) is 1. The molecule has 0 unspecified atom stereocenters. The number of carbonyl (C=O) groups is 2. The van der Waals surface area contributed by atoms with E-state index in [0.717, 1.165) is 23.1 Å². The van der Waals surface area contributed by atoms with Crippen LogP contribution < -0.4 is 19.7 Å². The summed E-state index contributed by atoms with van der Waals surface area (Å²) in [6.07, 6.45) is 1.42. The first kappa shape index (κ1) is 24.3. The Morgan fingerprint density at radius 3 is 2.37 bits per heavy atom. The quantitative estimate of drug-likeness (QED) is 0.512. The molecule has 2 amide bonds. The van der Waals surface area contributed by atoms with E-state index in [9.17, 15) is 18.0 Å². The second-order valence-corrected chi connectivity index (χ2v) is 10.2. The lowest BCUT2D eigenvalue weighted by Crippen LogP contribution is -2.36. The maximum atomic E-state index is 13.3. The fourth-order valence-electron chi connectivity index (χ4n) is 3.90. The van der Waals surface area contributed by atoms with Gasteiger partial charge in [-0.25, -0.2) is 8.42 Å². The Labute approximate surface area is 205 Å². The van der Waals surface area contributed by atoms with Crippen LogP contribution in [0.3, 0.4) is 0 Å². The number of nitrogens with one attached hydrogen (secondary N) is 2. The minimum atomic E-state index is -3.77. The van der Waals surface area contributed by atoms with Crippen molar-refractivity contribution in [1.29, 1.82) is 0 Å². The van der Waals surface area contributed by atoms with Gasteiger partial charge in [0.1, 0.15) is 5.75 Å². The SMILES string of the molecule is COc1ccc(CNC(=O)C(=O)Nc2ccc3c(c2)N(S(=O)(=O)c2ccc(C)cc2)CCC3)cc1. The largest absolute Gasteiger partial charge is 0.497 e. The number of hydrogen-bond acceptors (Lipinski definition) is 5. The maximum Gasteiger partial charge on any atom is 0.313 e. The molecule has 3 aromatic carbocycles. The summed E-state index contributed by atoms with van der Waals surface area (Å²) in [5, 5.41) is 5.15. The van der Waals surface area contributed by atoms with Gasteiger partial charge in [-0.3, -0.25) is 13.9 Å². The monoisotopic (exact) mass is 493 g/mol. The minimum absolute atomic E-state index is 0.184. The van der Waals surface area contributed by atoms with Crippen molar-refractivity contribution in [3.05, 3.63) is 83.4 Å². The molecule has 182 valence electrons. The van der Waals surface area contributed by atoms with E-state index in [1.54, 1.807) is 73.8 Å². The third-order valence-corrected chi connectivity index (χ3v) is 7.67. The lowest BCUT2D eigenvalue weighted by atomic mass is 10.0. The first-order valence-corrected chi connectivity index (χ1v) is 12.7. The molecule has 3 aromatic rings. The summed E-state index contributed by atoms with van der Waals surface area (Å²) < 4.78 is 33.1. The number of rotatable bonds is 6. The molecule has 9 heteroatoms. The van der Waals surface area contributed by atoms with E-state index in [2.05, 4.69) is 10.6 Å². The van der Waals surface area contributed by atoms with E-state index in [0.29, 0.717) is 30.1 Å². The second kappa shape index (κ2) is 10.2. The fourth-order valence-corrected chi connectivity index (χ4v) is 5.43. The molecule has 0 aromatic heterocycles. The number of amides is 2. The number of nitrogens with zero attached hydrogens (tertiary/aromatic N) is 1. The molecule has 2 N–H and O–H groups in total. The zero-order valence-electron chi connectivity index (χ0n) is 19.6. The average molecular weight is 494 g/mol. The molecule has 8 nitrogen and oxygen atoms in total. The van der Waals surface area contributed by atoms with Crippen LogP contribution in [-0.4, -0.2) is 33.9 Å². The van der Waals surface area contributed by atoms with Gasteiger partial charge in [0.15, 0.2) is 0 Å². The number of fused-ring (bicyclic) bond motifs is 1. The third-order valence-electron chi connectivity index (χ3n) is 5.85. The Hall–Kier alpha value is -3.85. The van der Waals surface area contributed by atoms with Crippen molar-refractivity contribution in [3.63, 3.8) is 0 Å². The van der Waals surface area contributed by atoms with Crippen LogP contribution in [0.4, 0.5) is 11.4 Å². The zero-order chi connectivity index (χ0) is 25.0. The molecule has 0 radical (unpaired) electrons. The molecule has 1 aliphatic heterocycles. The number of hydrogen-bond donors (Lipinski definition) is 2. The van der Waals surface area contributed by atoms with Gasteiger partial charge in [0, 0.05) is 18.8 Å². The van der Waals surface area contributed by atoms with Crippen molar-refractivity contribution in [2.45, 2.75) is 31.2 Å². The number of benzene rings is 3. The highest BCUT2D eigenvalue weighted by Crippen LogP contribution is 2.34. The standard InChI is InChI=1S/C26H27N3O5S/c1-18-5-13-23(14-6-18)35(32,33)29-15-3-4-20-9-10-21(16-24(20)29)28-26(31)25(30)27-17-19-7-11-22(34-2)12-8-19/h5-14,16H,3-4,15,17H2,1-2H3,(H,27,30)(H,28,31). The van der Waals surface area contributed by atoms with E-state index in [4.69, 9.17) is 4.74 Å². The molecule has 0 atom stereocenters. The van der Waals surface area contributed by atoms with Crippen molar-refractivity contribution >= 4 is 33.2 Å². The van der Waals surface area contributed by atoms with Gasteiger partial charge < -0.3 is 15.4 Å². The van der Waals surface area contributed by atoms with Gasteiger partial charge in [-0.1, -0.05) is 35.9 Å². The molecule has 0 bridgehead atoms. The van der Waals surface area contributed by atoms with E-state index in [1.165, 1.54) is 4.31 Å². The molecule has 0 saturated carbocycles. The first-order chi connectivity index (χ1) is 16.8. The summed E-state index contributed by atoms with van der Waals surface area (Å²) in [6.45, 7) is 2.42. The van der Waals surface area contributed by atoms with Crippen molar-refractivity contribution in [3.8, 4) is 5.75 Å². The molecule has 1 aliphatic rings. The first-order valence-electron chi connectivity index (χ1n) is 11.2. The maximum absolute atomic E-state index is 13.3. The summed E-state index contributed by atoms with van der Waals surface area (Å²) >= 11 is 0. The van der Waals surface area contributed by atoms with E-state index in [1.807, 2.05) is 6.92 Å². The molecule has 35 heavy (non-hydrogen) atoms. The number of methoxy groups -OCH3 is 1. The minimum Gasteiger partial charge on any atom is -0.497 e. The van der Waals surface area contributed by atoms with Gasteiger partial charge in [0.2, 0.25) is 0 Å². The number of sulfonamides is 1. The topological polar surface area (TPSA) is 105 Å². The van der Waals surface area contributed by atoms with Crippen molar-refractivity contribution < 1.29 is 22.7 Å². The van der Waals surface area contributed by atoms with E-state index >= 15 is 0 Å².